The molecule has 0 aliphatic rings. The number of hydrogen-bond acceptors (Lipinski definition) is 5. The Labute approximate surface area is 101 Å². The summed E-state index contributed by atoms with van der Waals surface area (Å²) in [5.74, 6) is -1.92. The second-order valence-electron chi connectivity index (χ2n) is 4.43. The normalized spacial score (nSPS) is 12.4. The number of hydrogen-bond donors (Lipinski definition) is 0. The van der Waals surface area contributed by atoms with E-state index < -0.39 is 18.0 Å². The van der Waals surface area contributed by atoms with Gasteiger partial charge in [-0.05, 0) is 0 Å². The lowest BCUT2D eigenvalue weighted by Gasteiger charge is -2.17. The zero-order valence-electron chi connectivity index (χ0n) is 11.0. The van der Waals surface area contributed by atoms with E-state index in [0.717, 1.165) is 0 Å². The summed E-state index contributed by atoms with van der Waals surface area (Å²) < 4.78 is 9.46. The highest BCUT2D eigenvalue weighted by molar-refractivity contribution is 5.88. The van der Waals surface area contributed by atoms with Crippen LogP contribution in [0.25, 0.3) is 0 Å². The van der Waals surface area contributed by atoms with E-state index >= 15 is 0 Å². The molecule has 0 rings (SSSR count). The first-order valence-corrected chi connectivity index (χ1v) is 5.60. The number of methoxy groups -OCH3 is 1. The third-order valence-corrected chi connectivity index (χ3v) is 2.22. The van der Waals surface area contributed by atoms with Crippen LogP contribution in [-0.4, -0.2) is 30.9 Å². The molecule has 0 aliphatic carbocycles. The summed E-state index contributed by atoms with van der Waals surface area (Å²) in [6.07, 6.45) is -1.27. The van der Waals surface area contributed by atoms with Crippen LogP contribution in [0, 0.1) is 11.8 Å². The molecule has 0 radical (unpaired) electrons. The van der Waals surface area contributed by atoms with Crippen molar-refractivity contribution in [2.45, 2.75) is 40.2 Å². The van der Waals surface area contributed by atoms with Gasteiger partial charge in [-0.15, -0.1) is 0 Å². The van der Waals surface area contributed by atoms with Gasteiger partial charge < -0.3 is 9.47 Å². The van der Waals surface area contributed by atoms with E-state index in [4.69, 9.17) is 4.74 Å². The molecule has 0 aromatic carbocycles. The Bertz CT molecular complexity index is 271. The first kappa shape index (κ1) is 15.6. The molecule has 0 saturated heterocycles. The first-order valence-electron chi connectivity index (χ1n) is 5.60. The van der Waals surface area contributed by atoms with E-state index in [2.05, 4.69) is 4.74 Å². The minimum absolute atomic E-state index is 0.136. The fraction of sp³-hybridized carbons (Fsp3) is 0.750. The molecule has 5 heteroatoms. The Morgan fingerprint density at radius 2 is 1.47 bits per heavy atom. The lowest BCUT2D eigenvalue weighted by Crippen LogP contribution is -2.33. The van der Waals surface area contributed by atoms with Crippen LogP contribution in [0.3, 0.4) is 0 Å². The van der Waals surface area contributed by atoms with Gasteiger partial charge in [0.15, 0.2) is 0 Å². The maximum atomic E-state index is 11.5. The molecule has 17 heavy (non-hydrogen) atoms. The smallest absolute Gasteiger partial charge is 0.347 e. The van der Waals surface area contributed by atoms with Crippen molar-refractivity contribution in [2.24, 2.45) is 11.8 Å². The number of esters is 2. The summed E-state index contributed by atoms with van der Waals surface area (Å²) in [5, 5.41) is 0. The van der Waals surface area contributed by atoms with Crippen molar-refractivity contribution in [3.63, 3.8) is 0 Å². The number of ketones is 1. The maximum absolute atomic E-state index is 11.5. The van der Waals surface area contributed by atoms with Crippen LogP contribution in [0.2, 0.25) is 0 Å². The topological polar surface area (TPSA) is 69.7 Å². The van der Waals surface area contributed by atoms with Crippen molar-refractivity contribution in [1.82, 2.24) is 0 Å². The van der Waals surface area contributed by atoms with Crippen LogP contribution in [0.5, 0.6) is 0 Å². The van der Waals surface area contributed by atoms with Gasteiger partial charge in [0.25, 0.3) is 0 Å². The highest BCUT2D eigenvalue weighted by Crippen LogP contribution is 2.10. The van der Waals surface area contributed by atoms with Crippen molar-refractivity contribution < 1.29 is 23.9 Å². The molecule has 0 fully saturated rings. The van der Waals surface area contributed by atoms with Crippen LogP contribution in [0.15, 0.2) is 0 Å². The third-order valence-electron chi connectivity index (χ3n) is 2.22. The van der Waals surface area contributed by atoms with Crippen LogP contribution in [0.1, 0.15) is 34.1 Å². The number of carbonyl (C=O) groups is 3. The second kappa shape index (κ2) is 7.04. The van der Waals surface area contributed by atoms with E-state index in [-0.39, 0.29) is 24.0 Å². The maximum Gasteiger partial charge on any atom is 0.347 e. The molecular weight excluding hydrogens is 224 g/mol. The SMILES string of the molecule is COC(=O)C(CC(=O)C(C)C)OC(=O)C(C)C. The van der Waals surface area contributed by atoms with E-state index in [0.29, 0.717) is 0 Å². The average Bonchev–Trinajstić information content (AvgIpc) is 2.26. The van der Waals surface area contributed by atoms with Crippen molar-refractivity contribution >= 4 is 17.7 Å². The summed E-state index contributed by atoms with van der Waals surface area (Å²) in [6, 6.07) is 0. The van der Waals surface area contributed by atoms with Gasteiger partial charge in [-0.3, -0.25) is 9.59 Å². The molecule has 1 atom stereocenters. The second-order valence-corrected chi connectivity index (χ2v) is 4.43. The van der Waals surface area contributed by atoms with E-state index in [1.54, 1.807) is 27.7 Å². The predicted octanol–water partition coefficient (Wildman–Crippen LogP) is 1.34. The van der Waals surface area contributed by atoms with E-state index in [9.17, 15) is 14.4 Å². The number of ether oxygens (including phenoxy) is 2. The van der Waals surface area contributed by atoms with Crippen LogP contribution in [0.4, 0.5) is 0 Å². The van der Waals surface area contributed by atoms with Crippen LogP contribution in [-0.2, 0) is 23.9 Å². The Morgan fingerprint density at radius 1 is 0.941 bits per heavy atom. The minimum Gasteiger partial charge on any atom is -0.466 e. The fourth-order valence-corrected chi connectivity index (χ4v) is 0.999. The Kier molecular flexibility index (Phi) is 6.46. The van der Waals surface area contributed by atoms with Crippen molar-refractivity contribution in [3.8, 4) is 0 Å². The van der Waals surface area contributed by atoms with Crippen molar-refractivity contribution in [2.75, 3.05) is 7.11 Å². The zero-order chi connectivity index (χ0) is 13.6. The van der Waals surface area contributed by atoms with Gasteiger partial charge in [-0.1, -0.05) is 27.7 Å². The monoisotopic (exact) mass is 244 g/mol. The van der Waals surface area contributed by atoms with E-state index in [1.807, 2.05) is 0 Å². The molecule has 0 bridgehead atoms. The van der Waals surface area contributed by atoms with Gasteiger partial charge in [0.2, 0.25) is 6.10 Å². The highest BCUT2D eigenvalue weighted by Gasteiger charge is 2.28. The van der Waals surface area contributed by atoms with Crippen molar-refractivity contribution in [3.05, 3.63) is 0 Å². The quantitative estimate of drug-likeness (QED) is 0.659. The third kappa shape index (κ3) is 5.47. The van der Waals surface area contributed by atoms with Crippen molar-refractivity contribution in [1.29, 1.82) is 0 Å². The number of carbonyl (C=O) groups excluding carboxylic acids is 3. The molecular formula is C12H20O5. The summed E-state index contributed by atoms with van der Waals surface area (Å²) in [6.45, 7) is 6.75. The van der Waals surface area contributed by atoms with Gasteiger partial charge in [0.1, 0.15) is 5.78 Å². The van der Waals surface area contributed by atoms with Crippen LogP contribution >= 0.6 is 0 Å². The molecule has 0 spiro atoms. The first-order chi connectivity index (χ1) is 7.79. The molecule has 0 amide bonds. The standard InChI is InChI=1S/C12H20O5/c1-7(2)9(13)6-10(12(15)16-5)17-11(14)8(3)4/h7-8,10H,6H2,1-5H3. The minimum atomic E-state index is -1.13. The molecule has 0 N–H and O–H groups in total. The van der Waals surface area contributed by atoms with Gasteiger partial charge in [0, 0.05) is 5.92 Å². The molecule has 0 aromatic heterocycles. The van der Waals surface area contributed by atoms with Gasteiger partial charge >= 0.3 is 11.9 Å². The summed E-state index contributed by atoms with van der Waals surface area (Å²) in [4.78, 5) is 34.3. The summed E-state index contributed by atoms with van der Waals surface area (Å²) in [7, 11) is 1.19. The average molecular weight is 244 g/mol. The van der Waals surface area contributed by atoms with Crippen LogP contribution < -0.4 is 0 Å². The highest BCUT2D eigenvalue weighted by atomic mass is 16.6. The molecule has 98 valence electrons. The fourth-order valence-electron chi connectivity index (χ4n) is 0.999. The molecule has 5 nitrogen and oxygen atoms in total. The molecule has 0 heterocycles. The predicted molar refractivity (Wildman–Crippen MR) is 61.2 cm³/mol. The van der Waals surface area contributed by atoms with Gasteiger partial charge in [-0.2, -0.15) is 0 Å². The largest absolute Gasteiger partial charge is 0.466 e. The van der Waals surface area contributed by atoms with E-state index in [1.165, 1.54) is 7.11 Å². The summed E-state index contributed by atoms with van der Waals surface area (Å²) in [5.41, 5.74) is 0. The molecule has 1 unspecified atom stereocenters. The Morgan fingerprint density at radius 3 is 1.82 bits per heavy atom. The summed E-state index contributed by atoms with van der Waals surface area (Å²) >= 11 is 0. The zero-order valence-corrected chi connectivity index (χ0v) is 11.0. The number of Topliss-reactive ketones (excluding diaryl/α,β-unsaturated/α-hetero) is 1. The number of rotatable bonds is 6. The Balaban J connectivity index is 4.61. The lowest BCUT2D eigenvalue weighted by molar-refractivity contribution is -0.169. The Hall–Kier alpha value is -1.39. The van der Waals surface area contributed by atoms with Gasteiger partial charge in [0.05, 0.1) is 19.4 Å². The molecule has 0 saturated carbocycles. The molecule has 0 aliphatic heterocycles. The molecule has 0 aromatic rings. The van der Waals surface area contributed by atoms with Gasteiger partial charge in [-0.25, -0.2) is 4.79 Å². The lowest BCUT2D eigenvalue weighted by atomic mass is 10.0.